The molecule has 0 saturated heterocycles. The van der Waals surface area contributed by atoms with E-state index in [-0.39, 0.29) is 30.1 Å². The summed E-state index contributed by atoms with van der Waals surface area (Å²) in [5.41, 5.74) is -0.584. The number of aliphatic hydroxyl groups is 1. The van der Waals surface area contributed by atoms with Gasteiger partial charge in [-0.3, -0.25) is 9.59 Å². The molecule has 0 heterocycles. The van der Waals surface area contributed by atoms with Gasteiger partial charge in [-0.1, -0.05) is 162 Å². The van der Waals surface area contributed by atoms with Crippen molar-refractivity contribution < 1.29 is 24.2 Å². The average molecular weight is 792 g/mol. The second kappa shape index (κ2) is 35.8. The van der Waals surface area contributed by atoms with Crippen LogP contribution in [0.5, 0.6) is 0 Å². The number of rotatable bonds is 43. The smallest absolute Gasteiger partial charge is 0.312 e. The van der Waals surface area contributed by atoms with E-state index in [0.29, 0.717) is 6.61 Å². The molecule has 6 nitrogen and oxygen atoms in total. The van der Waals surface area contributed by atoms with Gasteiger partial charge in [0.05, 0.1) is 17.4 Å². The van der Waals surface area contributed by atoms with Gasteiger partial charge in [0.25, 0.3) is 0 Å². The number of esters is 2. The number of hydrogen-bond acceptors (Lipinski definition) is 6. The third-order valence-corrected chi connectivity index (χ3v) is 12.6. The summed E-state index contributed by atoms with van der Waals surface area (Å²) in [4.78, 5) is 28.8. The van der Waals surface area contributed by atoms with Gasteiger partial charge in [0.2, 0.25) is 0 Å². The summed E-state index contributed by atoms with van der Waals surface area (Å²) in [5.74, 6) is 0.0915. The molecule has 0 radical (unpaired) electrons. The van der Waals surface area contributed by atoms with Gasteiger partial charge in [-0.05, 0) is 117 Å². The van der Waals surface area contributed by atoms with Crippen LogP contribution in [0.3, 0.4) is 0 Å². The van der Waals surface area contributed by atoms with Gasteiger partial charge in [-0.25, -0.2) is 0 Å². The Kier molecular flexibility index (Phi) is 33.8. The van der Waals surface area contributed by atoms with Crippen LogP contribution < -0.4 is 0 Å². The maximum absolute atomic E-state index is 13.5. The van der Waals surface area contributed by atoms with E-state index in [1.807, 2.05) is 13.8 Å². The Hall–Kier alpha value is -1.14. The van der Waals surface area contributed by atoms with Crippen molar-refractivity contribution in [2.45, 2.75) is 265 Å². The summed E-state index contributed by atoms with van der Waals surface area (Å²) in [6.45, 7) is 15.0. The molecular formula is C50H97NO5. The molecule has 6 heteroatoms. The Morgan fingerprint density at radius 1 is 0.571 bits per heavy atom. The molecule has 1 aliphatic carbocycles. The van der Waals surface area contributed by atoms with Crippen molar-refractivity contribution in [1.82, 2.24) is 4.90 Å². The Morgan fingerprint density at radius 2 is 1.00 bits per heavy atom. The van der Waals surface area contributed by atoms with E-state index >= 15 is 0 Å². The second-order valence-corrected chi connectivity index (χ2v) is 18.7. The molecule has 1 saturated carbocycles. The van der Waals surface area contributed by atoms with Crippen LogP contribution in [0.1, 0.15) is 259 Å². The van der Waals surface area contributed by atoms with E-state index in [9.17, 15) is 14.7 Å². The summed E-state index contributed by atoms with van der Waals surface area (Å²) in [6, 6.07) is 0. The second-order valence-electron chi connectivity index (χ2n) is 18.7. The van der Waals surface area contributed by atoms with Gasteiger partial charge < -0.3 is 19.5 Å². The van der Waals surface area contributed by atoms with Crippen molar-refractivity contribution >= 4 is 11.9 Å². The number of aliphatic hydroxyl groups excluding tert-OH is 1. The molecule has 0 atom stereocenters. The molecule has 1 N–H and O–H groups in total. The highest BCUT2D eigenvalue weighted by Crippen LogP contribution is 2.51. The molecule has 332 valence electrons. The Labute approximate surface area is 349 Å². The minimum Gasteiger partial charge on any atom is -0.465 e. The highest BCUT2D eigenvalue weighted by atomic mass is 16.5. The number of hydrogen-bond donors (Lipinski definition) is 1. The largest absolute Gasteiger partial charge is 0.465 e. The average Bonchev–Trinajstić information content (AvgIpc) is 3.98. The minimum absolute atomic E-state index is 0.0305. The lowest BCUT2D eigenvalue weighted by Gasteiger charge is -2.23. The minimum atomic E-state index is -0.403. The zero-order valence-corrected chi connectivity index (χ0v) is 38.4. The number of unbranched alkanes of at least 4 members (excludes halogenated alkanes) is 23. The van der Waals surface area contributed by atoms with Crippen molar-refractivity contribution in [2.24, 2.45) is 10.8 Å². The maximum atomic E-state index is 13.5. The van der Waals surface area contributed by atoms with Crippen LogP contribution in [-0.2, 0) is 19.1 Å². The van der Waals surface area contributed by atoms with Gasteiger partial charge in [-0.15, -0.1) is 0 Å². The van der Waals surface area contributed by atoms with E-state index in [4.69, 9.17) is 9.47 Å². The highest BCUT2D eigenvalue weighted by Gasteiger charge is 2.51. The predicted octanol–water partition coefficient (Wildman–Crippen LogP) is 14.5. The van der Waals surface area contributed by atoms with Crippen molar-refractivity contribution in [2.75, 3.05) is 32.8 Å². The van der Waals surface area contributed by atoms with Gasteiger partial charge in [0, 0.05) is 6.61 Å². The first-order valence-electron chi connectivity index (χ1n) is 25.0. The molecule has 0 aliphatic heterocycles. The lowest BCUT2D eigenvalue weighted by atomic mass is 9.87. The van der Waals surface area contributed by atoms with E-state index < -0.39 is 5.41 Å². The van der Waals surface area contributed by atoms with Crippen LogP contribution in [0.4, 0.5) is 0 Å². The van der Waals surface area contributed by atoms with Crippen molar-refractivity contribution in [3.63, 3.8) is 0 Å². The van der Waals surface area contributed by atoms with Crippen LogP contribution in [0.15, 0.2) is 0 Å². The lowest BCUT2D eigenvalue weighted by molar-refractivity contribution is -0.157. The maximum Gasteiger partial charge on any atom is 0.312 e. The third kappa shape index (κ3) is 28.3. The molecule has 0 aromatic heterocycles. The summed E-state index contributed by atoms with van der Waals surface area (Å²) in [6.07, 6.45) is 41.5. The number of carbonyl (C=O) groups excluding carboxylic acids is 2. The quantitative estimate of drug-likeness (QED) is 0.0490. The summed E-state index contributed by atoms with van der Waals surface area (Å²) >= 11 is 0. The van der Waals surface area contributed by atoms with Crippen molar-refractivity contribution in [3.05, 3.63) is 0 Å². The first-order valence-corrected chi connectivity index (χ1v) is 25.0. The summed E-state index contributed by atoms with van der Waals surface area (Å²) in [7, 11) is 0. The molecule has 0 aromatic rings. The number of carbonyl (C=O) groups is 2. The molecule has 0 bridgehead atoms. The van der Waals surface area contributed by atoms with Crippen LogP contribution >= 0.6 is 0 Å². The van der Waals surface area contributed by atoms with Gasteiger partial charge in [0.1, 0.15) is 6.10 Å². The molecule has 1 rings (SSSR count). The summed E-state index contributed by atoms with van der Waals surface area (Å²) < 4.78 is 12.0. The van der Waals surface area contributed by atoms with Crippen LogP contribution in [0.25, 0.3) is 0 Å². The standard InChI is InChI=1S/C50H97NO5/c1-6-9-12-15-18-25-34-45-55-47(53)49(4,5)37-28-21-23-30-41-51(43-32-33-44-52)42-31-24-22-29-38-50(39-40-50)48(54)56-46(35-26-19-16-13-10-7-2)36-27-20-17-14-11-8-3/h46,52H,6-45H2,1-5H3. The topological polar surface area (TPSA) is 76.1 Å². The fourth-order valence-corrected chi connectivity index (χ4v) is 8.26. The molecule has 0 aromatic carbocycles. The van der Waals surface area contributed by atoms with Gasteiger partial charge in [-0.2, -0.15) is 0 Å². The molecule has 0 unspecified atom stereocenters. The normalized spacial score (nSPS) is 13.9. The zero-order chi connectivity index (χ0) is 41.0. The fraction of sp³-hybridized carbons (Fsp3) is 0.960. The van der Waals surface area contributed by atoms with E-state index in [2.05, 4.69) is 25.7 Å². The van der Waals surface area contributed by atoms with Crippen LogP contribution in [-0.4, -0.2) is 60.9 Å². The van der Waals surface area contributed by atoms with Crippen LogP contribution in [0, 0.1) is 10.8 Å². The zero-order valence-electron chi connectivity index (χ0n) is 38.4. The SMILES string of the molecule is CCCCCCCCCOC(=O)C(C)(C)CCCCCCN(CCCCO)CCCCCCC1(C(=O)OC(CCCCCCCC)CCCCCCCC)CC1. The van der Waals surface area contributed by atoms with Gasteiger partial charge >= 0.3 is 11.9 Å². The number of ether oxygens (including phenoxy) is 2. The molecular weight excluding hydrogens is 695 g/mol. The Balaban J connectivity index is 2.33. The van der Waals surface area contributed by atoms with Gasteiger partial charge in [0.15, 0.2) is 0 Å². The molecule has 0 amide bonds. The number of nitrogens with zero attached hydrogens (tertiary/aromatic N) is 1. The molecule has 1 fully saturated rings. The monoisotopic (exact) mass is 792 g/mol. The van der Waals surface area contributed by atoms with Crippen molar-refractivity contribution in [1.29, 1.82) is 0 Å². The lowest BCUT2D eigenvalue weighted by Crippen LogP contribution is -2.28. The fourth-order valence-electron chi connectivity index (χ4n) is 8.26. The Morgan fingerprint density at radius 3 is 1.50 bits per heavy atom. The molecule has 1 aliphatic rings. The third-order valence-electron chi connectivity index (χ3n) is 12.6. The van der Waals surface area contributed by atoms with Crippen molar-refractivity contribution in [3.8, 4) is 0 Å². The van der Waals surface area contributed by atoms with Crippen LogP contribution in [0.2, 0.25) is 0 Å². The predicted molar refractivity (Wildman–Crippen MR) is 239 cm³/mol. The summed E-state index contributed by atoms with van der Waals surface area (Å²) in [5, 5.41) is 9.36. The first-order chi connectivity index (χ1) is 27.2. The molecule has 0 spiro atoms. The van der Waals surface area contributed by atoms with E-state index in [1.165, 1.54) is 141 Å². The van der Waals surface area contributed by atoms with E-state index in [1.54, 1.807) is 0 Å². The van der Waals surface area contributed by atoms with E-state index in [0.717, 1.165) is 103 Å². The molecule has 56 heavy (non-hydrogen) atoms. The Bertz CT molecular complexity index is 886. The highest BCUT2D eigenvalue weighted by molar-refractivity contribution is 5.80. The first kappa shape index (κ1) is 52.9.